The molecule has 7 heteroatoms. The molecule has 1 aromatic heterocycles. The van der Waals surface area contributed by atoms with E-state index >= 15 is 0 Å². The minimum absolute atomic E-state index is 0.0277. The van der Waals surface area contributed by atoms with Gasteiger partial charge in [-0.05, 0) is 6.42 Å². The molecule has 0 amide bonds. The number of carbonyl (C=O) groups is 1. The van der Waals surface area contributed by atoms with Crippen LogP contribution in [0.25, 0.3) is 0 Å². The van der Waals surface area contributed by atoms with Gasteiger partial charge in [-0.1, -0.05) is 0 Å². The Hall–Kier alpha value is -2.18. The van der Waals surface area contributed by atoms with Crippen LogP contribution >= 0.6 is 0 Å². The summed E-state index contributed by atoms with van der Waals surface area (Å²) in [6.45, 7) is 0.487. The zero-order valence-electron chi connectivity index (χ0n) is 9.37. The fraction of sp³-hybridized carbons (Fsp3) is 0.400. The highest BCUT2D eigenvalue weighted by Gasteiger charge is 2.10. The summed E-state index contributed by atoms with van der Waals surface area (Å²) in [5.74, 6) is -0.394. The summed E-state index contributed by atoms with van der Waals surface area (Å²) in [6.07, 6.45) is 1.90. The van der Waals surface area contributed by atoms with Crippen LogP contribution in [0.4, 0.5) is 11.5 Å². The first-order chi connectivity index (χ1) is 8.00. The van der Waals surface area contributed by atoms with Crippen LogP contribution in [0, 0.1) is 10.1 Å². The van der Waals surface area contributed by atoms with E-state index in [9.17, 15) is 14.9 Å². The summed E-state index contributed by atoms with van der Waals surface area (Å²) in [5, 5.41) is 19.1. The quantitative estimate of drug-likeness (QED) is 0.593. The fourth-order valence-corrected chi connectivity index (χ4v) is 1.31. The topological polar surface area (TPSA) is 96.6 Å². The van der Waals surface area contributed by atoms with Crippen molar-refractivity contribution in [2.24, 2.45) is 0 Å². The van der Waals surface area contributed by atoms with Gasteiger partial charge in [0.15, 0.2) is 0 Å². The normalized spacial score (nSPS) is 9.94. The van der Waals surface area contributed by atoms with E-state index in [2.05, 4.69) is 4.98 Å². The lowest BCUT2D eigenvalue weighted by Gasteiger charge is -2.16. The number of nitrogens with zero attached hydrogens (tertiary/aromatic N) is 3. The van der Waals surface area contributed by atoms with E-state index in [0.717, 1.165) is 0 Å². The van der Waals surface area contributed by atoms with E-state index in [1.54, 1.807) is 11.9 Å². The predicted molar refractivity (Wildman–Crippen MR) is 61.0 cm³/mol. The van der Waals surface area contributed by atoms with Crippen molar-refractivity contribution in [1.82, 2.24) is 4.98 Å². The first-order valence-electron chi connectivity index (χ1n) is 5.04. The average Bonchev–Trinajstić information content (AvgIpc) is 2.28. The Kier molecular flexibility index (Phi) is 4.38. The van der Waals surface area contributed by atoms with Gasteiger partial charge < -0.3 is 10.0 Å². The summed E-state index contributed by atoms with van der Waals surface area (Å²) in [5.41, 5.74) is -0.0277. The fourth-order valence-electron chi connectivity index (χ4n) is 1.31. The second kappa shape index (κ2) is 5.78. The zero-order valence-corrected chi connectivity index (χ0v) is 9.37. The summed E-state index contributed by atoms with van der Waals surface area (Å²) in [6, 6.07) is 2.68. The van der Waals surface area contributed by atoms with Crippen molar-refractivity contribution >= 4 is 17.5 Å². The maximum atomic E-state index is 10.6. The van der Waals surface area contributed by atoms with E-state index in [1.165, 1.54) is 18.3 Å². The maximum absolute atomic E-state index is 10.6. The Morgan fingerprint density at radius 2 is 2.35 bits per heavy atom. The maximum Gasteiger partial charge on any atom is 0.303 e. The van der Waals surface area contributed by atoms with Crippen LogP contribution in [0.2, 0.25) is 0 Å². The zero-order chi connectivity index (χ0) is 12.8. The van der Waals surface area contributed by atoms with E-state index < -0.39 is 10.9 Å². The third-order valence-electron chi connectivity index (χ3n) is 2.22. The number of nitro groups is 1. The standard InChI is InChI=1S/C10H13N3O4/c1-12(6-2-3-10(14)15)9-7-8(13(16)17)4-5-11-9/h4-5,7H,2-3,6H2,1H3,(H,14,15). The minimum atomic E-state index is -0.856. The van der Waals surface area contributed by atoms with Gasteiger partial charge in [0.05, 0.1) is 11.0 Å². The van der Waals surface area contributed by atoms with Crippen molar-refractivity contribution in [1.29, 1.82) is 0 Å². The number of hydrogen-bond acceptors (Lipinski definition) is 5. The van der Waals surface area contributed by atoms with Gasteiger partial charge in [0.1, 0.15) is 5.82 Å². The number of aromatic nitrogens is 1. The second-order valence-corrected chi connectivity index (χ2v) is 3.55. The van der Waals surface area contributed by atoms with E-state index in [1.807, 2.05) is 0 Å². The van der Waals surface area contributed by atoms with Gasteiger partial charge in [0.25, 0.3) is 5.69 Å². The number of pyridine rings is 1. The third-order valence-corrected chi connectivity index (χ3v) is 2.22. The number of aliphatic carboxylic acids is 1. The van der Waals surface area contributed by atoms with Crippen LogP contribution in [0.3, 0.4) is 0 Å². The van der Waals surface area contributed by atoms with Crippen molar-refractivity contribution < 1.29 is 14.8 Å². The average molecular weight is 239 g/mol. The summed E-state index contributed by atoms with van der Waals surface area (Å²) >= 11 is 0. The van der Waals surface area contributed by atoms with E-state index in [0.29, 0.717) is 18.8 Å². The molecule has 0 fully saturated rings. The van der Waals surface area contributed by atoms with Crippen LogP contribution in [0.15, 0.2) is 18.3 Å². The highest BCUT2D eigenvalue weighted by Crippen LogP contribution is 2.17. The van der Waals surface area contributed by atoms with Crippen molar-refractivity contribution in [2.75, 3.05) is 18.5 Å². The molecule has 0 atom stereocenters. The molecule has 0 radical (unpaired) electrons. The Labute approximate surface area is 97.8 Å². The molecule has 0 saturated carbocycles. The molecule has 1 rings (SSSR count). The van der Waals surface area contributed by atoms with Crippen molar-refractivity contribution in [3.8, 4) is 0 Å². The minimum Gasteiger partial charge on any atom is -0.481 e. The number of rotatable bonds is 6. The molecule has 1 heterocycles. The SMILES string of the molecule is CN(CCCC(=O)O)c1cc([N+](=O)[O-])ccn1. The Balaban J connectivity index is 2.62. The van der Waals surface area contributed by atoms with E-state index in [-0.39, 0.29) is 12.1 Å². The van der Waals surface area contributed by atoms with Crippen LogP contribution < -0.4 is 4.90 Å². The molecule has 0 aliphatic rings. The van der Waals surface area contributed by atoms with Gasteiger partial charge in [-0.15, -0.1) is 0 Å². The lowest BCUT2D eigenvalue weighted by atomic mass is 10.3. The molecule has 0 aliphatic heterocycles. The van der Waals surface area contributed by atoms with Crippen LogP contribution in [-0.4, -0.2) is 34.6 Å². The van der Waals surface area contributed by atoms with Crippen molar-refractivity contribution in [3.05, 3.63) is 28.4 Å². The highest BCUT2D eigenvalue weighted by molar-refractivity contribution is 5.66. The molecule has 0 aromatic carbocycles. The molecule has 0 spiro atoms. The Morgan fingerprint density at radius 1 is 1.65 bits per heavy atom. The van der Waals surface area contributed by atoms with Gasteiger partial charge in [0.2, 0.25) is 0 Å². The van der Waals surface area contributed by atoms with Gasteiger partial charge in [-0.3, -0.25) is 14.9 Å². The molecule has 0 bridgehead atoms. The molecule has 0 unspecified atom stereocenters. The van der Waals surface area contributed by atoms with Gasteiger partial charge in [-0.25, -0.2) is 4.98 Å². The molecule has 7 nitrogen and oxygen atoms in total. The molecular weight excluding hydrogens is 226 g/mol. The first-order valence-corrected chi connectivity index (χ1v) is 5.04. The molecule has 1 N–H and O–H groups in total. The van der Waals surface area contributed by atoms with Crippen LogP contribution in [-0.2, 0) is 4.79 Å². The Bertz CT molecular complexity index is 422. The number of hydrogen-bond donors (Lipinski definition) is 1. The summed E-state index contributed by atoms with van der Waals surface area (Å²) < 4.78 is 0. The van der Waals surface area contributed by atoms with Crippen LogP contribution in [0.1, 0.15) is 12.8 Å². The van der Waals surface area contributed by atoms with Crippen molar-refractivity contribution in [3.63, 3.8) is 0 Å². The van der Waals surface area contributed by atoms with Crippen LogP contribution in [0.5, 0.6) is 0 Å². The van der Waals surface area contributed by atoms with Crippen molar-refractivity contribution in [2.45, 2.75) is 12.8 Å². The van der Waals surface area contributed by atoms with Gasteiger partial charge in [0, 0.05) is 32.3 Å². The predicted octanol–water partition coefficient (Wildman–Crippen LogP) is 1.29. The van der Waals surface area contributed by atoms with Gasteiger partial charge >= 0.3 is 5.97 Å². The number of carboxylic acids is 1. The monoisotopic (exact) mass is 239 g/mol. The molecule has 17 heavy (non-hydrogen) atoms. The first kappa shape index (κ1) is 12.9. The Morgan fingerprint density at radius 3 is 2.94 bits per heavy atom. The number of carboxylic acid groups (broad SMARTS) is 1. The molecule has 0 saturated heterocycles. The lowest BCUT2D eigenvalue weighted by molar-refractivity contribution is -0.384. The second-order valence-electron chi connectivity index (χ2n) is 3.55. The highest BCUT2D eigenvalue weighted by atomic mass is 16.6. The van der Waals surface area contributed by atoms with Gasteiger partial charge in [-0.2, -0.15) is 0 Å². The third kappa shape index (κ3) is 4.06. The molecule has 1 aromatic rings. The molecular formula is C10H13N3O4. The lowest BCUT2D eigenvalue weighted by Crippen LogP contribution is -2.20. The summed E-state index contributed by atoms with van der Waals surface area (Å²) in [4.78, 5) is 26.1. The largest absolute Gasteiger partial charge is 0.481 e. The molecule has 92 valence electrons. The van der Waals surface area contributed by atoms with E-state index in [4.69, 9.17) is 5.11 Å². The smallest absolute Gasteiger partial charge is 0.303 e. The number of anilines is 1. The molecule has 0 aliphatic carbocycles. The summed E-state index contributed by atoms with van der Waals surface area (Å²) in [7, 11) is 1.72.